The first kappa shape index (κ1) is 56.0. The lowest BCUT2D eigenvalue weighted by atomic mass is 9.69. The highest BCUT2D eigenvalue weighted by molar-refractivity contribution is 6.08. The molecule has 2 aliphatic rings. The molecule has 0 amide bonds. The van der Waals surface area contributed by atoms with E-state index >= 15 is 0 Å². The fourth-order valence-corrected chi connectivity index (χ4v) is 11.7. The van der Waals surface area contributed by atoms with Crippen LogP contribution in [0, 0.1) is 58.3 Å². The first-order chi connectivity index (χ1) is 35.5. The number of benzene rings is 5. The van der Waals surface area contributed by atoms with E-state index in [1.165, 1.54) is 44.8 Å². The Balaban J connectivity index is 1.11. The van der Waals surface area contributed by atoms with Crippen molar-refractivity contribution in [1.29, 1.82) is 0 Å². The van der Waals surface area contributed by atoms with Gasteiger partial charge in [0.15, 0.2) is 0 Å². The molecule has 5 aromatic rings. The van der Waals surface area contributed by atoms with Gasteiger partial charge in [-0.05, 0) is 167 Å². The van der Waals surface area contributed by atoms with E-state index in [-0.39, 0.29) is 55.5 Å². The maximum absolute atomic E-state index is 13.3. The third-order valence-corrected chi connectivity index (χ3v) is 15.3. The Hall–Kier alpha value is -6.74. The Morgan fingerprint density at radius 3 is 1.89 bits per heavy atom. The van der Waals surface area contributed by atoms with E-state index < -0.39 is 17.4 Å². The maximum atomic E-state index is 13.3. The Bertz CT molecular complexity index is 2990. The molecule has 0 radical (unpaired) electrons. The van der Waals surface area contributed by atoms with Gasteiger partial charge in [0, 0.05) is 52.8 Å². The highest BCUT2D eigenvalue weighted by atomic mass is 16.6. The van der Waals surface area contributed by atoms with Crippen LogP contribution >= 0.6 is 0 Å². The van der Waals surface area contributed by atoms with Gasteiger partial charge in [-0.3, -0.25) is 14.4 Å². The Labute approximate surface area is 447 Å². The Morgan fingerprint density at radius 2 is 1.28 bits per heavy atom. The van der Waals surface area contributed by atoms with Crippen molar-refractivity contribution >= 4 is 62.7 Å². The normalized spacial score (nSPS) is 16.4. The number of nitrogens with one attached hydrogen (secondary N) is 1. The minimum Gasteiger partial charge on any atom is -0.462 e. The van der Waals surface area contributed by atoms with Gasteiger partial charge in [-0.2, -0.15) is 4.58 Å². The topological polar surface area (TPSA) is 97.2 Å². The molecule has 5 aromatic carbocycles. The number of hydrogen-bond donors (Lipinski definition) is 1. The van der Waals surface area contributed by atoms with Crippen LogP contribution in [0.5, 0.6) is 0 Å². The molecule has 9 heteroatoms. The number of aryl methyl sites for hydroxylation is 6. The largest absolute Gasteiger partial charge is 0.462 e. The number of ether oxygens (including phenoxy) is 3. The number of allylic oxidation sites excluding steroid dienone is 5. The molecule has 1 saturated carbocycles. The third-order valence-electron chi connectivity index (χ3n) is 15.3. The molecule has 9 nitrogen and oxygen atoms in total. The molecular weight excluding hydrogens is 931 g/mol. The average molecular weight is 1010 g/mol. The quantitative estimate of drug-likeness (QED) is 0.0426. The van der Waals surface area contributed by atoms with Crippen molar-refractivity contribution in [1.82, 2.24) is 0 Å². The lowest BCUT2D eigenvalue weighted by Gasteiger charge is -2.36. The molecule has 1 N–H and O–H groups in total. The molecule has 0 aromatic heterocycles. The van der Waals surface area contributed by atoms with Gasteiger partial charge in [-0.15, -0.1) is 0 Å². The number of nitrogens with zero attached hydrogens (tertiary/aromatic N) is 2. The van der Waals surface area contributed by atoms with E-state index in [0.717, 1.165) is 75.8 Å². The predicted molar refractivity (Wildman–Crippen MR) is 309 cm³/mol. The minimum absolute atomic E-state index is 0.0370. The second-order valence-corrected chi connectivity index (χ2v) is 23.0. The summed E-state index contributed by atoms with van der Waals surface area (Å²) in [5, 5.41) is 6.01. The van der Waals surface area contributed by atoms with Crippen molar-refractivity contribution in [3.8, 4) is 0 Å². The first-order valence-electron chi connectivity index (χ1n) is 27.1. The second kappa shape index (κ2) is 23.9. The van der Waals surface area contributed by atoms with Crippen molar-refractivity contribution in [2.45, 2.75) is 140 Å². The molecule has 75 heavy (non-hydrogen) atoms. The summed E-state index contributed by atoms with van der Waals surface area (Å²) in [5.41, 5.74) is 16.9. The van der Waals surface area contributed by atoms with E-state index in [1.54, 1.807) is 0 Å². The van der Waals surface area contributed by atoms with Gasteiger partial charge in [0.05, 0.1) is 24.3 Å². The summed E-state index contributed by atoms with van der Waals surface area (Å²) in [7, 11) is 4.29. The molecule has 0 spiro atoms. The molecule has 1 fully saturated rings. The number of carbonyl (C=O) groups excluding carboxylic acids is 3. The number of carbonyl (C=O) groups is 3. The second-order valence-electron chi connectivity index (χ2n) is 23.0. The van der Waals surface area contributed by atoms with Gasteiger partial charge < -0.3 is 24.4 Å². The molecule has 396 valence electrons. The summed E-state index contributed by atoms with van der Waals surface area (Å²) in [6, 6.07) is 30.7. The van der Waals surface area contributed by atoms with E-state index in [1.807, 2.05) is 20.8 Å². The van der Waals surface area contributed by atoms with Crippen LogP contribution in [0.25, 0.3) is 16.3 Å². The first-order valence-corrected chi connectivity index (χ1v) is 27.1. The number of rotatable bonds is 17. The maximum Gasteiger partial charge on any atom is 0.312 e. The molecule has 0 saturated heterocycles. The lowest BCUT2D eigenvalue weighted by Crippen LogP contribution is -2.40. The number of fused-ring (bicyclic) bond motifs is 1. The van der Waals surface area contributed by atoms with Crippen LogP contribution < -0.4 is 10.2 Å². The summed E-state index contributed by atoms with van der Waals surface area (Å²) in [4.78, 5) is 41.5. The molecule has 0 aliphatic heterocycles. The zero-order chi connectivity index (χ0) is 54.4. The highest BCUT2D eigenvalue weighted by Crippen LogP contribution is 2.42. The minimum atomic E-state index is -0.656. The van der Waals surface area contributed by atoms with Crippen molar-refractivity contribution in [2.75, 3.05) is 37.5 Å². The fraction of sp³-hybridized carbons (Fsp3) is 0.424. The monoisotopic (exact) mass is 1010 g/mol. The van der Waals surface area contributed by atoms with Gasteiger partial charge in [0.2, 0.25) is 11.4 Å². The van der Waals surface area contributed by atoms with Gasteiger partial charge >= 0.3 is 17.9 Å². The van der Waals surface area contributed by atoms with Crippen LogP contribution in [0.1, 0.15) is 131 Å². The van der Waals surface area contributed by atoms with E-state index in [2.05, 4.69) is 200 Å². The van der Waals surface area contributed by atoms with Crippen molar-refractivity contribution < 1.29 is 33.2 Å². The Kier molecular flexibility index (Phi) is 17.8. The Morgan fingerprint density at radius 1 is 0.707 bits per heavy atom. The summed E-state index contributed by atoms with van der Waals surface area (Å²) in [6.07, 6.45) is 12.5. The zero-order valence-electron chi connectivity index (χ0n) is 47.3. The zero-order valence-corrected chi connectivity index (χ0v) is 47.3. The van der Waals surface area contributed by atoms with Crippen LogP contribution in [0.3, 0.4) is 0 Å². The smallest absolute Gasteiger partial charge is 0.312 e. The molecule has 2 aliphatic carbocycles. The van der Waals surface area contributed by atoms with Crippen LogP contribution in [0.2, 0.25) is 0 Å². The molecule has 0 bridgehead atoms. The fourth-order valence-electron chi connectivity index (χ4n) is 11.7. The van der Waals surface area contributed by atoms with Gasteiger partial charge in [0.25, 0.3) is 0 Å². The molecule has 7 rings (SSSR count). The predicted octanol–water partition coefficient (Wildman–Crippen LogP) is 15.0. The highest BCUT2D eigenvalue weighted by Gasteiger charge is 2.41. The third kappa shape index (κ3) is 13.4. The summed E-state index contributed by atoms with van der Waals surface area (Å²) < 4.78 is 19.4. The number of esters is 3. The van der Waals surface area contributed by atoms with E-state index in [9.17, 15) is 14.4 Å². The summed E-state index contributed by atoms with van der Waals surface area (Å²) in [5.74, 6) is -1.18. The lowest BCUT2D eigenvalue weighted by molar-refractivity contribution is -0.404. The molecule has 0 heterocycles. The van der Waals surface area contributed by atoms with Crippen LogP contribution in [-0.2, 0) is 28.6 Å². The van der Waals surface area contributed by atoms with Crippen LogP contribution in [-0.4, -0.2) is 67.7 Å². The summed E-state index contributed by atoms with van der Waals surface area (Å²) in [6.45, 7) is 25.2. The van der Waals surface area contributed by atoms with Gasteiger partial charge in [-0.25, -0.2) is 0 Å². The number of anilines is 3. The SMILES string of the molecule is Cc1cc(C)c(N(C)c2ccc(C(=C3C=CC(=[N+](C)c4c(C)cc(C)cc4C)C=C3)c3ccc(NC4CCCCC4OC(=O)CCC(=O)OCCOC(=O)C(C)(CC(C)(C)C)C(C)C)c4ccccc34)cc2)c(C)c1. The number of hydrogen-bond acceptors (Lipinski definition) is 8. The van der Waals surface area contributed by atoms with Crippen molar-refractivity contribution in [2.24, 2.45) is 16.7 Å². The van der Waals surface area contributed by atoms with Crippen LogP contribution in [0.4, 0.5) is 22.7 Å². The summed E-state index contributed by atoms with van der Waals surface area (Å²) >= 11 is 0. The molecular formula is C66H82N3O6+. The molecule has 3 unspecified atom stereocenters. The van der Waals surface area contributed by atoms with Crippen LogP contribution in [0.15, 0.2) is 115 Å². The van der Waals surface area contributed by atoms with Gasteiger partial charge in [-0.1, -0.05) is 107 Å². The van der Waals surface area contributed by atoms with Crippen molar-refractivity contribution in [3.63, 3.8) is 0 Å². The van der Waals surface area contributed by atoms with Crippen molar-refractivity contribution in [3.05, 3.63) is 159 Å². The molecule has 3 atom stereocenters. The standard InChI is InChI=1S/C66H81N3O6/c1-42(2)66(12,41-65(9,10)11)64(72)74-36-35-73-59(70)33-34-60(71)75-58-22-18-17-21-57(58)67-56-32-31-55(53-19-15-16-20-54(53)56)61(49-23-27-51(28-24-49)68(13)62-45(5)37-43(3)38-46(62)6)50-25-29-52(30-26-50)69(14)63-47(7)39-44(4)40-48(63)8/h15-16,19-20,23-32,37-40,42,57-58H,17-18,21-22,33-36,41H2,1-14H3/p+1. The van der Waals surface area contributed by atoms with E-state index in [4.69, 9.17) is 14.2 Å². The van der Waals surface area contributed by atoms with Gasteiger partial charge in [0.1, 0.15) is 26.4 Å². The van der Waals surface area contributed by atoms with E-state index in [0.29, 0.717) is 6.42 Å². The average Bonchev–Trinajstić information content (AvgIpc) is 3.35.